The Morgan fingerprint density at radius 3 is 1.88 bits per heavy atom. The zero-order valence-corrected chi connectivity index (χ0v) is 8.88. The maximum Gasteiger partial charge on any atom is 0.179 e. The predicted octanol–water partition coefficient (Wildman–Crippen LogP) is 1.42. The Bertz CT molecular complexity index is 424. The van der Waals surface area contributed by atoms with Gasteiger partial charge in [-0.05, 0) is 0 Å². The number of hydrogen-bond donors (Lipinski definition) is 0. The first-order chi connectivity index (χ1) is 7.95. The number of hydrogen-bond acceptors (Lipinski definition) is 4. The Morgan fingerprint density at radius 1 is 0.625 bits per heavy atom. The van der Waals surface area contributed by atoms with E-state index in [1.165, 1.54) is 16.7 Å². The van der Waals surface area contributed by atoms with Crippen LogP contribution in [-0.2, 0) is 24.2 Å². The summed E-state index contributed by atoms with van der Waals surface area (Å²) in [5.41, 5.74) is 3.57. The van der Waals surface area contributed by atoms with E-state index in [4.69, 9.17) is 19.2 Å². The van der Waals surface area contributed by atoms with Crippen molar-refractivity contribution < 1.29 is 19.2 Å². The minimum absolute atomic E-state index is 0.600. The molecular weight excluding hydrogens is 208 g/mol. The van der Waals surface area contributed by atoms with Crippen LogP contribution in [0.25, 0.3) is 0 Å². The molecule has 0 radical (unpaired) electrons. The Kier molecular flexibility index (Phi) is 1.65. The topological polar surface area (TPSA) is 36.9 Å². The van der Waals surface area contributed by atoms with Crippen LogP contribution in [-0.4, -0.2) is 19.8 Å². The highest BCUT2D eigenvalue weighted by Gasteiger charge is 2.34. The van der Waals surface area contributed by atoms with Gasteiger partial charge in [-0.2, -0.15) is 4.89 Å². The molecule has 3 aliphatic rings. The maximum absolute atomic E-state index is 5.71. The van der Waals surface area contributed by atoms with E-state index in [-0.39, 0.29) is 0 Å². The highest BCUT2D eigenvalue weighted by atomic mass is 17.2. The molecule has 4 rings (SSSR count). The Hall–Kier alpha value is -1.42. The summed E-state index contributed by atoms with van der Waals surface area (Å²) in [7, 11) is 0. The molecule has 0 atom stereocenters. The molecule has 0 saturated carbocycles. The van der Waals surface area contributed by atoms with Gasteiger partial charge in [-0.1, -0.05) is 0 Å². The van der Waals surface area contributed by atoms with Crippen molar-refractivity contribution in [2.75, 3.05) is 19.8 Å². The summed E-state index contributed by atoms with van der Waals surface area (Å²) in [6, 6.07) is 0. The zero-order valence-electron chi connectivity index (χ0n) is 8.88. The molecule has 1 aromatic carbocycles. The molecule has 4 nitrogen and oxygen atoms in total. The van der Waals surface area contributed by atoms with Gasteiger partial charge in [0, 0.05) is 36.0 Å². The molecular formula is C12H12O4. The van der Waals surface area contributed by atoms with E-state index < -0.39 is 0 Å². The molecule has 0 N–H and O–H groups in total. The monoisotopic (exact) mass is 220 g/mol. The molecule has 84 valence electrons. The van der Waals surface area contributed by atoms with Crippen molar-refractivity contribution >= 4 is 0 Å². The van der Waals surface area contributed by atoms with Gasteiger partial charge >= 0.3 is 0 Å². The van der Waals surface area contributed by atoms with E-state index in [1.54, 1.807) is 0 Å². The molecule has 3 heterocycles. The highest BCUT2D eigenvalue weighted by Crippen LogP contribution is 2.49. The van der Waals surface area contributed by atoms with Gasteiger partial charge in [-0.3, -0.25) is 0 Å². The third-order valence-electron chi connectivity index (χ3n) is 3.42. The van der Waals surface area contributed by atoms with Gasteiger partial charge in [0.2, 0.25) is 0 Å². The van der Waals surface area contributed by atoms with E-state index in [2.05, 4.69) is 0 Å². The molecule has 4 heteroatoms. The first kappa shape index (κ1) is 8.70. The predicted molar refractivity (Wildman–Crippen MR) is 55.1 cm³/mol. The number of rotatable bonds is 0. The highest BCUT2D eigenvalue weighted by molar-refractivity contribution is 5.65. The average molecular weight is 220 g/mol. The third-order valence-corrected chi connectivity index (χ3v) is 3.42. The van der Waals surface area contributed by atoms with E-state index in [1.807, 2.05) is 0 Å². The molecule has 3 aliphatic heterocycles. The minimum Gasteiger partial charge on any atom is -0.492 e. The molecule has 0 saturated heterocycles. The summed E-state index contributed by atoms with van der Waals surface area (Å²) in [5.74, 6) is 2.81. The van der Waals surface area contributed by atoms with Gasteiger partial charge in [-0.25, -0.2) is 0 Å². The molecule has 0 bridgehead atoms. The number of ether oxygens (including phenoxy) is 2. The second-order valence-electron chi connectivity index (χ2n) is 4.28. The van der Waals surface area contributed by atoms with Crippen molar-refractivity contribution in [3.05, 3.63) is 16.7 Å². The fraction of sp³-hybridized carbons (Fsp3) is 0.500. The number of fused-ring (bicyclic) bond motifs is 6. The molecule has 1 aromatic rings. The third kappa shape index (κ3) is 0.976. The van der Waals surface area contributed by atoms with E-state index in [0.29, 0.717) is 6.61 Å². The smallest absolute Gasteiger partial charge is 0.179 e. The average Bonchev–Trinajstić information content (AvgIpc) is 2.98. The fourth-order valence-corrected chi connectivity index (χ4v) is 2.74. The van der Waals surface area contributed by atoms with Crippen molar-refractivity contribution in [2.24, 2.45) is 0 Å². The summed E-state index contributed by atoms with van der Waals surface area (Å²) in [5, 5.41) is 0. The summed E-state index contributed by atoms with van der Waals surface area (Å²) in [6.45, 7) is 2.09. The van der Waals surface area contributed by atoms with E-state index in [9.17, 15) is 0 Å². The van der Waals surface area contributed by atoms with Crippen LogP contribution in [0.3, 0.4) is 0 Å². The second kappa shape index (κ2) is 3.04. The first-order valence-electron chi connectivity index (χ1n) is 5.71. The molecule has 0 spiro atoms. The Labute approximate surface area is 93.0 Å². The maximum atomic E-state index is 5.71. The van der Waals surface area contributed by atoms with Crippen LogP contribution >= 0.6 is 0 Å². The van der Waals surface area contributed by atoms with Crippen molar-refractivity contribution in [3.8, 4) is 17.2 Å². The van der Waals surface area contributed by atoms with E-state index in [0.717, 1.165) is 49.7 Å². The quantitative estimate of drug-likeness (QED) is 0.620. The van der Waals surface area contributed by atoms with Gasteiger partial charge in [0.25, 0.3) is 0 Å². The van der Waals surface area contributed by atoms with Crippen molar-refractivity contribution in [1.29, 1.82) is 0 Å². The van der Waals surface area contributed by atoms with Crippen LogP contribution in [0.1, 0.15) is 16.7 Å². The summed E-state index contributed by atoms with van der Waals surface area (Å²) in [6.07, 6.45) is 2.73. The zero-order chi connectivity index (χ0) is 10.5. The van der Waals surface area contributed by atoms with Gasteiger partial charge in [0.15, 0.2) is 5.75 Å². The largest absolute Gasteiger partial charge is 0.492 e. The minimum atomic E-state index is 0.600. The summed E-state index contributed by atoms with van der Waals surface area (Å²) in [4.78, 5) is 10.4. The van der Waals surface area contributed by atoms with Gasteiger partial charge in [0.1, 0.15) is 11.5 Å². The molecule has 0 unspecified atom stereocenters. The van der Waals surface area contributed by atoms with Crippen LogP contribution in [0.2, 0.25) is 0 Å². The van der Waals surface area contributed by atoms with Crippen LogP contribution in [0.5, 0.6) is 17.2 Å². The number of benzene rings is 1. The van der Waals surface area contributed by atoms with Gasteiger partial charge in [0.05, 0.1) is 19.8 Å². The van der Waals surface area contributed by atoms with Crippen LogP contribution in [0.4, 0.5) is 0 Å². The molecule has 0 aliphatic carbocycles. The normalized spacial score (nSPS) is 20.2. The SMILES string of the molecule is C1Cc2c3c(c4c(c2OO1)CCO4)CCO3. The summed E-state index contributed by atoms with van der Waals surface area (Å²) >= 11 is 0. The lowest BCUT2D eigenvalue weighted by atomic mass is 9.97. The molecule has 16 heavy (non-hydrogen) atoms. The lowest BCUT2D eigenvalue weighted by Gasteiger charge is -2.20. The lowest BCUT2D eigenvalue weighted by molar-refractivity contribution is -0.215. The first-order valence-corrected chi connectivity index (χ1v) is 5.71. The molecule has 0 amide bonds. The Morgan fingerprint density at radius 2 is 1.19 bits per heavy atom. The van der Waals surface area contributed by atoms with Crippen molar-refractivity contribution in [2.45, 2.75) is 19.3 Å². The lowest BCUT2D eigenvalue weighted by Crippen LogP contribution is -2.13. The summed E-state index contributed by atoms with van der Waals surface area (Å²) < 4.78 is 11.4. The Balaban J connectivity index is 2.03. The fourth-order valence-electron chi connectivity index (χ4n) is 2.74. The van der Waals surface area contributed by atoms with Crippen molar-refractivity contribution in [3.63, 3.8) is 0 Å². The van der Waals surface area contributed by atoms with Crippen molar-refractivity contribution in [1.82, 2.24) is 0 Å². The van der Waals surface area contributed by atoms with Crippen LogP contribution in [0, 0.1) is 0 Å². The second-order valence-corrected chi connectivity index (χ2v) is 4.28. The van der Waals surface area contributed by atoms with E-state index >= 15 is 0 Å². The van der Waals surface area contributed by atoms with Crippen LogP contribution < -0.4 is 14.4 Å². The van der Waals surface area contributed by atoms with Crippen LogP contribution in [0.15, 0.2) is 0 Å². The molecule has 0 fully saturated rings. The van der Waals surface area contributed by atoms with Gasteiger partial charge < -0.3 is 14.4 Å². The standard InChI is InChI=1S/C12H12O4/c1-4-13-11-7(1)10-8(2-5-14-10)12-9(11)3-6-15-16-12/h1-6H2. The van der Waals surface area contributed by atoms with Gasteiger partial charge in [-0.15, -0.1) is 0 Å². The molecule has 0 aromatic heterocycles.